The molecule has 2 heterocycles. The molecule has 1 saturated heterocycles. The maximum Gasteiger partial charge on any atom is 0.255 e. The monoisotopic (exact) mass is 477 g/mol. The number of aromatic nitrogens is 1. The van der Waals surface area contributed by atoms with Gasteiger partial charge >= 0.3 is 0 Å². The molecule has 3 N–H and O–H groups in total. The molecule has 0 unspecified atom stereocenters. The van der Waals surface area contributed by atoms with Crippen molar-refractivity contribution in [1.82, 2.24) is 15.2 Å². The Morgan fingerprint density at radius 1 is 1.12 bits per heavy atom. The summed E-state index contributed by atoms with van der Waals surface area (Å²) in [5, 5.41) is 12.1. The van der Waals surface area contributed by atoms with Crippen molar-refractivity contribution >= 4 is 21.4 Å². The number of amides is 1. The number of hydrogen-bond donors (Lipinski definition) is 2. The number of carbonyl (C=O) groups excluding carboxylic acids is 1. The number of anilines is 1. The van der Waals surface area contributed by atoms with Crippen molar-refractivity contribution in [3.63, 3.8) is 0 Å². The minimum absolute atomic E-state index is 0.0105. The van der Waals surface area contributed by atoms with Crippen LogP contribution in [0.5, 0.6) is 0 Å². The molecule has 0 radical (unpaired) electrons. The summed E-state index contributed by atoms with van der Waals surface area (Å²) in [6.07, 6.45) is 4.77. The number of hydrogen-bond acceptors (Lipinski definition) is 7. The van der Waals surface area contributed by atoms with Gasteiger partial charge in [-0.1, -0.05) is 30.3 Å². The number of pyridine rings is 1. The lowest BCUT2D eigenvalue weighted by Crippen LogP contribution is -2.46. The minimum atomic E-state index is -3.29. The highest BCUT2D eigenvalue weighted by Crippen LogP contribution is 2.20. The van der Waals surface area contributed by atoms with E-state index in [-0.39, 0.29) is 10.8 Å². The van der Waals surface area contributed by atoms with Crippen LogP contribution < -0.4 is 11.1 Å². The third-order valence-electron chi connectivity index (χ3n) is 5.24. The van der Waals surface area contributed by atoms with Gasteiger partial charge in [0.05, 0.1) is 27.8 Å². The lowest BCUT2D eigenvalue weighted by atomic mass is 10.0. The van der Waals surface area contributed by atoms with Crippen LogP contribution in [0, 0.1) is 11.3 Å². The fourth-order valence-electron chi connectivity index (χ4n) is 3.59. The highest BCUT2D eigenvalue weighted by molar-refractivity contribution is 7.90. The van der Waals surface area contributed by atoms with Gasteiger partial charge in [-0.25, -0.2) is 8.42 Å². The Hall–Kier alpha value is -3.74. The van der Waals surface area contributed by atoms with Crippen molar-refractivity contribution in [2.75, 3.05) is 38.2 Å². The van der Waals surface area contributed by atoms with Crippen molar-refractivity contribution < 1.29 is 13.2 Å². The molecule has 2 aromatic carbocycles. The lowest BCUT2D eigenvalue weighted by Gasteiger charge is -2.27. The Kier molecular flexibility index (Phi) is 8.35. The number of piperazine rings is 1. The summed E-state index contributed by atoms with van der Waals surface area (Å²) in [4.78, 5) is 18.0. The number of benzene rings is 2. The fourth-order valence-corrected chi connectivity index (χ4v) is 4.51. The molecule has 1 aliphatic heterocycles. The second kappa shape index (κ2) is 11.4. The van der Waals surface area contributed by atoms with Crippen LogP contribution in [0.2, 0.25) is 0 Å². The Morgan fingerprint density at radius 3 is 2.44 bits per heavy atom. The van der Waals surface area contributed by atoms with E-state index in [1.807, 2.05) is 41.3 Å². The average molecular weight is 478 g/mol. The summed E-state index contributed by atoms with van der Waals surface area (Å²) >= 11 is 0. The van der Waals surface area contributed by atoms with Crippen LogP contribution >= 0.6 is 0 Å². The largest absolute Gasteiger partial charge is 0.397 e. The van der Waals surface area contributed by atoms with Gasteiger partial charge in [0.15, 0.2) is 9.84 Å². The molecule has 0 atom stereocenters. The van der Waals surface area contributed by atoms with Gasteiger partial charge in [-0.15, -0.1) is 0 Å². The molecule has 0 bridgehead atoms. The van der Waals surface area contributed by atoms with Crippen LogP contribution in [0.4, 0.5) is 5.69 Å². The number of nitrogen functional groups attached to an aromatic ring is 1. The van der Waals surface area contributed by atoms with E-state index in [9.17, 15) is 13.2 Å². The molecule has 1 aliphatic rings. The highest BCUT2D eigenvalue weighted by Gasteiger charge is 2.18. The molecule has 8 nitrogen and oxygen atoms in total. The molecule has 4 rings (SSSR count). The maximum atomic E-state index is 12.0. The van der Waals surface area contributed by atoms with Gasteiger partial charge in [-0.2, -0.15) is 5.26 Å². The Bertz CT molecular complexity index is 1280. The molecule has 1 fully saturated rings. The van der Waals surface area contributed by atoms with E-state index in [1.54, 1.807) is 18.3 Å². The zero-order valence-electron chi connectivity index (χ0n) is 18.9. The van der Waals surface area contributed by atoms with Crippen LogP contribution in [0.25, 0.3) is 0 Å². The predicted octanol–water partition coefficient (Wildman–Crippen LogP) is 2.26. The zero-order chi connectivity index (χ0) is 24.6. The molecule has 9 heteroatoms. The number of sulfone groups is 1. The Morgan fingerprint density at radius 2 is 1.82 bits per heavy atom. The summed E-state index contributed by atoms with van der Waals surface area (Å²) in [5.41, 5.74) is 8.82. The maximum absolute atomic E-state index is 12.0. The molecule has 1 aromatic heterocycles. The SMILES string of the molecule is CS(=O)(=O)c1ccc(C#N)cc1Cc1ccccc1.Nc1cncc(C(=O)N2CCNCC2)c1. The van der Waals surface area contributed by atoms with Crippen molar-refractivity contribution in [3.05, 3.63) is 89.2 Å². The van der Waals surface area contributed by atoms with Gasteiger partial charge in [0.1, 0.15) is 0 Å². The van der Waals surface area contributed by atoms with Crippen LogP contribution in [-0.4, -0.2) is 56.6 Å². The van der Waals surface area contributed by atoms with E-state index in [1.165, 1.54) is 24.6 Å². The van der Waals surface area contributed by atoms with Gasteiger partial charge in [-0.05, 0) is 41.8 Å². The standard InChI is InChI=1S/C15H13NO2S.C10H14N4O/c1-19(17,18)15-8-7-13(11-16)10-14(15)9-12-5-3-2-4-6-12;11-9-5-8(6-13-7-9)10(15)14-3-1-12-2-4-14/h2-8,10H,9H2,1H3;5-7,12H,1-4,11H2. The third kappa shape index (κ3) is 6.88. The molecule has 0 saturated carbocycles. The Balaban J connectivity index is 0.000000196. The van der Waals surface area contributed by atoms with E-state index in [2.05, 4.69) is 10.3 Å². The molecule has 0 aliphatic carbocycles. The first kappa shape index (κ1) is 24.9. The van der Waals surface area contributed by atoms with E-state index in [4.69, 9.17) is 11.0 Å². The van der Waals surface area contributed by atoms with Gasteiger partial charge in [0.25, 0.3) is 5.91 Å². The summed E-state index contributed by atoms with van der Waals surface area (Å²) < 4.78 is 23.5. The van der Waals surface area contributed by atoms with Crippen molar-refractivity contribution in [1.29, 1.82) is 5.26 Å². The first-order chi connectivity index (χ1) is 16.3. The van der Waals surface area contributed by atoms with E-state index < -0.39 is 9.84 Å². The Labute approximate surface area is 200 Å². The average Bonchev–Trinajstić information content (AvgIpc) is 2.84. The van der Waals surface area contributed by atoms with Crippen molar-refractivity contribution in [3.8, 4) is 6.07 Å². The van der Waals surface area contributed by atoms with Gasteiger partial charge in [0.2, 0.25) is 0 Å². The van der Waals surface area contributed by atoms with Crippen molar-refractivity contribution in [2.45, 2.75) is 11.3 Å². The minimum Gasteiger partial charge on any atom is -0.397 e. The first-order valence-corrected chi connectivity index (χ1v) is 12.6. The molecule has 1 amide bonds. The lowest BCUT2D eigenvalue weighted by molar-refractivity contribution is 0.0735. The number of nitrogens with two attached hydrogens (primary N) is 1. The summed E-state index contributed by atoms with van der Waals surface area (Å²) in [5.74, 6) is 0.0105. The van der Waals surface area contributed by atoms with Crippen LogP contribution in [0.3, 0.4) is 0 Å². The third-order valence-corrected chi connectivity index (χ3v) is 6.43. The molecule has 34 heavy (non-hydrogen) atoms. The number of nitriles is 1. The molecular weight excluding hydrogens is 450 g/mol. The predicted molar refractivity (Wildman–Crippen MR) is 131 cm³/mol. The second-order valence-electron chi connectivity index (χ2n) is 7.92. The zero-order valence-corrected chi connectivity index (χ0v) is 19.8. The quantitative estimate of drug-likeness (QED) is 0.590. The fraction of sp³-hybridized carbons (Fsp3) is 0.240. The van der Waals surface area contributed by atoms with E-state index >= 15 is 0 Å². The number of nitrogens with one attached hydrogen (secondary N) is 1. The molecule has 3 aromatic rings. The summed E-state index contributed by atoms with van der Waals surface area (Å²) in [7, 11) is -3.29. The molecular formula is C25H27N5O3S. The van der Waals surface area contributed by atoms with E-state index in [0.717, 1.165) is 31.7 Å². The second-order valence-corrected chi connectivity index (χ2v) is 9.90. The van der Waals surface area contributed by atoms with Crippen LogP contribution in [0.1, 0.15) is 27.0 Å². The van der Waals surface area contributed by atoms with Gasteiger partial charge < -0.3 is 16.0 Å². The normalized spacial score (nSPS) is 13.4. The highest BCUT2D eigenvalue weighted by atomic mass is 32.2. The summed E-state index contributed by atoms with van der Waals surface area (Å²) in [6, 6.07) is 18.0. The topological polar surface area (TPSA) is 129 Å². The number of rotatable bonds is 4. The molecule has 176 valence electrons. The van der Waals surface area contributed by atoms with Gasteiger partial charge in [0, 0.05) is 44.8 Å². The van der Waals surface area contributed by atoms with Crippen LogP contribution in [-0.2, 0) is 16.3 Å². The summed E-state index contributed by atoms with van der Waals surface area (Å²) in [6.45, 7) is 3.18. The number of nitrogens with zero attached hydrogens (tertiary/aromatic N) is 3. The van der Waals surface area contributed by atoms with E-state index in [0.29, 0.717) is 28.8 Å². The first-order valence-electron chi connectivity index (χ1n) is 10.8. The molecule has 0 spiro atoms. The van der Waals surface area contributed by atoms with Crippen LogP contribution in [0.15, 0.2) is 71.9 Å². The van der Waals surface area contributed by atoms with Gasteiger partial charge in [-0.3, -0.25) is 9.78 Å². The smallest absolute Gasteiger partial charge is 0.255 e. The number of carbonyl (C=O) groups is 1. The van der Waals surface area contributed by atoms with Crippen molar-refractivity contribution in [2.24, 2.45) is 0 Å².